The molecular weight excluding hydrogens is 386 g/mol. The molecule has 2 aliphatic heterocycles. The van der Waals surface area contributed by atoms with Gasteiger partial charge in [0.05, 0.1) is 37.6 Å². The lowest BCUT2D eigenvalue weighted by atomic mass is 10.00. The number of nitrogens with zero attached hydrogens (tertiary/aromatic N) is 4. The highest BCUT2D eigenvalue weighted by atomic mass is 16.6. The molecular formula is C21H23N5O4. The maximum absolute atomic E-state index is 12.9. The van der Waals surface area contributed by atoms with Gasteiger partial charge in [0.1, 0.15) is 28.9 Å². The summed E-state index contributed by atoms with van der Waals surface area (Å²) < 4.78 is 12.1. The first-order chi connectivity index (χ1) is 14.6. The molecule has 0 aliphatic carbocycles. The minimum atomic E-state index is -0.548. The number of hydrogen-bond acceptors (Lipinski definition) is 8. The molecule has 0 radical (unpaired) electrons. The molecule has 30 heavy (non-hydrogen) atoms. The SMILES string of the molecule is N#Cc1ccc(NC[C@@H]2CC[C@]3(COCCN(C(=O)c4ccc(O)cn4)C3)O2)nc1. The van der Waals surface area contributed by atoms with Gasteiger partial charge in [-0.2, -0.15) is 5.26 Å². The molecule has 156 valence electrons. The number of rotatable bonds is 4. The summed E-state index contributed by atoms with van der Waals surface area (Å²) in [5.74, 6) is 0.506. The van der Waals surface area contributed by atoms with Gasteiger partial charge < -0.3 is 24.8 Å². The number of amides is 1. The summed E-state index contributed by atoms with van der Waals surface area (Å²) >= 11 is 0. The van der Waals surface area contributed by atoms with Crippen LogP contribution in [0, 0.1) is 11.3 Å². The predicted molar refractivity (Wildman–Crippen MR) is 107 cm³/mol. The molecule has 9 nitrogen and oxygen atoms in total. The van der Waals surface area contributed by atoms with E-state index in [1.807, 2.05) is 6.07 Å². The topological polar surface area (TPSA) is 121 Å². The largest absolute Gasteiger partial charge is 0.506 e. The van der Waals surface area contributed by atoms with Crippen LogP contribution in [0.25, 0.3) is 0 Å². The van der Waals surface area contributed by atoms with E-state index in [2.05, 4.69) is 15.3 Å². The van der Waals surface area contributed by atoms with E-state index in [-0.39, 0.29) is 23.5 Å². The average Bonchev–Trinajstić information content (AvgIpc) is 3.05. The Labute approximate surface area is 174 Å². The molecule has 2 aliphatic rings. The third-order valence-electron chi connectivity index (χ3n) is 5.35. The molecule has 1 amide bonds. The molecule has 2 saturated heterocycles. The fourth-order valence-corrected chi connectivity index (χ4v) is 3.80. The van der Waals surface area contributed by atoms with Crippen molar-refractivity contribution in [2.24, 2.45) is 0 Å². The summed E-state index contributed by atoms with van der Waals surface area (Å²) in [5, 5.41) is 21.5. The fraction of sp³-hybridized carbons (Fsp3) is 0.429. The maximum atomic E-state index is 12.9. The molecule has 0 saturated carbocycles. The summed E-state index contributed by atoms with van der Waals surface area (Å²) in [6, 6.07) is 8.50. The smallest absolute Gasteiger partial charge is 0.272 e. The average molecular weight is 409 g/mol. The minimum Gasteiger partial charge on any atom is -0.506 e. The zero-order valence-corrected chi connectivity index (χ0v) is 16.5. The molecule has 2 N–H and O–H groups in total. The number of nitriles is 1. The number of anilines is 1. The molecule has 1 spiro atoms. The third-order valence-corrected chi connectivity index (χ3v) is 5.35. The lowest BCUT2D eigenvalue weighted by Crippen LogP contribution is -2.47. The van der Waals surface area contributed by atoms with Crippen molar-refractivity contribution in [3.05, 3.63) is 47.9 Å². The van der Waals surface area contributed by atoms with Crippen LogP contribution in [0.1, 0.15) is 28.9 Å². The molecule has 4 heterocycles. The number of hydrogen-bond donors (Lipinski definition) is 2. The van der Waals surface area contributed by atoms with E-state index in [0.29, 0.717) is 44.2 Å². The van der Waals surface area contributed by atoms with Gasteiger partial charge in [0, 0.05) is 19.3 Å². The zero-order chi connectivity index (χ0) is 21.0. The van der Waals surface area contributed by atoms with E-state index in [1.165, 1.54) is 24.5 Å². The number of aromatic nitrogens is 2. The molecule has 0 unspecified atom stereocenters. The number of nitrogens with one attached hydrogen (secondary N) is 1. The number of aromatic hydroxyl groups is 1. The molecule has 2 atom stereocenters. The zero-order valence-electron chi connectivity index (χ0n) is 16.5. The standard InChI is InChI=1S/C21H23N5O4/c22-9-15-1-4-19(24-10-15)25-12-17-5-6-21(30-17)13-26(7-8-29-14-21)20(28)18-3-2-16(27)11-23-18/h1-4,10-11,17,27H,5-8,12-14H2,(H,24,25)/t17-,21-/m0/s1. The van der Waals surface area contributed by atoms with E-state index < -0.39 is 5.60 Å². The van der Waals surface area contributed by atoms with Gasteiger partial charge in [-0.05, 0) is 37.1 Å². The lowest BCUT2D eigenvalue weighted by Gasteiger charge is -2.32. The second kappa shape index (κ2) is 8.65. The molecule has 2 aromatic rings. The van der Waals surface area contributed by atoms with Crippen LogP contribution in [0.2, 0.25) is 0 Å². The van der Waals surface area contributed by atoms with Crippen LogP contribution in [-0.4, -0.2) is 70.4 Å². The Morgan fingerprint density at radius 3 is 2.97 bits per heavy atom. The number of ether oxygens (including phenoxy) is 2. The molecule has 4 rings (SSSR count). The number of pyridine rings is 2. The lowest BCUT2D eigenvalue weighted by molar-refractivity contribution is -0.0802. The molecule has 2 fully saturated rings. The van der Waals surface area contributed by atoms with Gasteiger partial charge in [0.25, 0.3) is 5.91 Å². The van der Waals surface area contributed by atoms with E-state index in [0.717, 1.165) is 12.8 Å². The second-order valence-electron chi connectivity index (χ2n) is 7.57. The Bertz CT molecular complexity index is 928. The summed E-state index contributed by atoms with van der Waals surface area (Å²) in [6.07, 6.45) is 4.38. The monoisotopic (exact) mass is 409 g/mol. The minimum absolute atomic E-state index is 0.0217. The Kier molecular flexibility index (Phi) is 5.79. The summed E-state index contributed by atoms with van der Waals surface area (Å²) in [6.45, 7) is 2.34. The first kappa shape index (κ1) is 20.1. The van der Waals surface area contributed by atoms with Gasteiger partial charge in [0.2, 0.25) is 0 Å². The van der Waals surface area contributed by atoms with Crippen molar-refractivity contribution in [1.29, 1.82) is 5.26 Å². The Morgan fingerprint density at radius 2 is 2.23 bits per heavy atom. The number of carbonyl (C=O) groups excluding carboxylic acids is 1. The molecule has 2 aromatic heterocycles. The fourth-order valence-electron chi connectivity index (χ4n) is 3.80. The second-order valence-corrected chi connectivity index (χ2v) is 7.57. The maximum Gasteiger partial charge on any atom is 0.272 e. The molecule has 0 aromatic carbocycles. The van der Waals surface area contributed by atoms with Crippen LogP contribution in [0.15, 0.2) is 36.7 Å². The van der Waals surface area contributed by atoms with Gasteiger partial charge in [-0.25, -0.2) is 9.97 Å². The van der Waals surface area contributed by atoms with E-state index in [4.69, 9.17) is 14.7 Å². The summed E-state index contributed by atoms with van der Waals surface area (Å²) in [5.41, 5.74) is 0.251. The van der Waals surface area contributed by atoms with Crippen molar-refractivity contribution < 1.29 is 19.4 Å². The van der Waals surface area contributed by atoms with Gasteiger partial charge in [-0.15, -0.1) is 0 Å². The highest BCUT2D eigenvalue weighted by molar-refractivity contribution is 5.92. The Hall–Kier alpha value is -3.22. The van der Waals surface area contributed by atoms with Crippen LogP contribution in [0.3, 0.4) is 0 Å². The van der Waals surface area contributed by atoms with Crippen LogP contribution in [-0.2, 0) is 9.47 Å². The van der Waals surface area contributed by atoms with Crippen LogP contribution >= 0.6 is 0 Å². The van der Waals surface area contributed by atoms with Crippen molar-refractivity contribution in [2.45, 2.75) is 24.5 Å². The summed E-state index contributed by atoms with van der Waals surface area (Å²) in [7, 11) is 0. The quantitative estimate of drug-likeness (QED) is 0.780. The number of carbonyl (C=O) groups is 1. The van der Waals surface area contributed by atoms with Crippen LogP contribution < -0.4 is 5.32 Å². The van der Waals surface area contributed by atoms with Gasteiger partial charge in [-0.1, -0.05) is 0 Å². The molecule has 0 bridgehead atoms. The first-order valence-corrected chi connectivity index (χ1v) is 9.87. The van der Waals surface area contributed by atoms with Crippen LogP contribution in [0.4, 0.5) is 5.82 Å². The van der Waals surface area contributed by atoms with Gasteiger partial charge >= 0.3 is 0 Å². The highest BCUT2D eigenvalue weighted by Gasteiger charge is 2.44. The highest BCUT2D eigenvalue weighted by Crippen LogP contribution is 2.33. The van der Waals surface area contributed by atoms with E-state index in [9.17, 15) is 9.90 Å². The first-order valence-electron chi connectivity index (χ1n) is 9.87. The van der Waals surface area contributed by atoms with Crippen molar-refractivity contribution in [2.75, 3.05) is 38.2 Å². The van der Waals surface area contributed by atoms with Crippen molar-refractivity contribution in [1.82, 2.24) is 14.9 Å². The van der Waals surface area contributed by atoms with Crippen molar-refractivity contribution in [3.8, 4) is 11.8 Å². The van der Waals surface area contributed by atoms with Crippen molar-refractivity contribution in [3.63, 3.8) is 0 Å². The summed E-state index contributed by atoms with van der Waals surface area (Å²) in [4.78, 5) is 22.8. The van der Waals surface area contributed by atoms with Crippen molar-refractivity contribution >= 4 is 11.7 Å². The molecule has 9 heteroatoms. The Balaban J connectivity index is 1.37. The van der Waals surface area contributed by atoms with Gasteiger partial charge in [-0.3, -0.25) is 4.79 Å². The van der Waals surface area contributed by atoms with Gasteiger partial charge in [0.15, 0.2) is 0 Å². The van der Waals surface area contributed by atoms with E-state index >= 15 is 0 Å². The predicted octanol–water partition coefficient (Wildman–Crippen LogP) is 1.56. The third kappa shape index (κ3) is 4.50. The normalized spacial score (nSPS) is 23.7. The Morgan fingerprint density at radius 1 is 1.33 bits per heavy atom. The van der Waals surface area contributed by atoms with E-state index in [1.54, 1.807) is 17.0 Å². The van der Waals surface area contributed by atoms with Crippen LogP contribution in [0.5, 0.6) is 5.75 Å².